The fraction of sp³-hybridized carbons (Fsp3) is 0.412. The molecular formula is C17H20O4. The summed E-state index contributed by atoms with van der Waals surface area (Å²) in [5, 5.41) is 0. The van der Waals surface area contributed by atoms with Gasteiger partial charge in [-0.1, -0.05) is 18.1 Å². The third kappa shape index (κ3) is 5.31. The number of hydrogen-bond donors (Lipinski definition) is 0. The van der Waals surface area contributed by atoms with Gasteiger partial charge in [-0.2, -0.15) is 0 Å². The van der Waals surface area contributed by atoms with E-state index in [9.17, 15) is 9.59 Å². The van der Waals surface area contributed by atoms with Crippen LogP contribution in [-0.2, 0) is 25.5 Å². The summed E-state index contributed by atoms with van der Waals surface area (Å²) in [6.07, 6.45) is -0.107. The van der Waals surface area contributed by atoms with Crippen LogP contribution in [0.2, 0.25) is 0 Å². The van der Waals surface area contributed by atoms with Gasteiger partial charge in [-0.05, 0) is 44.9 Å². The van der Waals surface area contributed by atoms with Gasteiger partial charge in [0.2, 0.25) is 0 Å². The molecule has 0 aromatic heterocycles. The van der Waals surface area contributed by atoms with E-state index in [0.717, 1.165) is 5.56 Å². The first kappa shape index (κ1) is 15.1. The van der Waals surface area contributed by atoms with Crippen molar-refractivity contribution in [1.82, 2.24) is 0 Å². The number of ether oxygens (including phenoxy) is 2. The van der Waals surface area contributed by atoms with Gasteiger partial charge in [-0.25, -0.2) is 0 Å². The van der Waals surface area contributed by atoms with Gasteiger partial charge in [0.05, 0.1) is 14.6 Å². The molecule has 0 atom stereocenters. The van der Waals surface area contributed by atoms with Crippen LogP contribution < -0.4 is 0 Å². The molecule has 0 unspecified atom stereocenters. The highest BCUT2D eigenvalue weighted by Crippen LogP contribution is 2.14. The molecule has 0 N–H and O–H groups in total. The van der Waals surface area contributed by atoms with Gasteiger partial charge in [0.25, 0.3) is 0 Å². The Hall–Kier alpha value is -2.28. The van der Waals surface area contributed by atoms with Crippen molar-refractivity contribution >= 4 is 11.9 Å². The Kier molecular flexibility index (Phi) is 6.34. The first-order valence-corrected chi connectivity index (χ1v) is 6.84. The lowest BCUT2D eigenvalue weighted by Crippen LogP contribution is -2.30. The molecule has 0 aliphatic rings. The van der Waals surface area contributed by atoms with Gasteiger partial charge < -0.3 is 9.47 Å². The quantitative estimate of drug-likeness (QED) is 0.458. The largest absolute Gasteiger partial charge is 0.465 e. The first-order valence-electron chi connectivity index (χ1n) is 7.34. The number of carbonyl (C=O) groups excluding carboxylic acids is 2. The van der Waals surface area contributed by atoms with Gasteiger partial charge in [0, 0.05) is 5.56 Å². The maximum atomic E-state index is 12.0. The van der Waals surface area contributed by atoms with Gasteiger partial charge in [-0.15, -0.1) is 5.92 Å². The molecular weight excluding hydrogens is 268 g/mol. The van der Waals surface area contributed by atoms with Crippen molar-refractivity contribution in [2.24, 2.45) is 5.89 Å². The van der Waals surface area contributed by atoms with Crippen molar-refractivity contribution in [2.45, 2.75) is 27.2 Å². The maximum Gasteiger partial charge on any atom is 0.320 e. The fourth-order valence-electron chi connectivity index (χ4n) is 1.72. The van der Waals surface area contributed by atoms with Gasteiger partial charge in [0.15, 0.2) is 5.89 Å². The average Bonchev–Trinajstić information content (AvgIpc) is 2.50. The maximum absolute atomic E-state index is 12.0. The van der Waals surface area contributed by atoms with Crippen LogP contribution >= 0.6 is 0 Å². The molecule has 0 bridgehead atoms. The van der Waals surface area contributed by atoms with Crippen molar-refractivity contribution in [3.8, 4) is 11.8 Å². The van der Waals surface area contributed by atoms with E-state index in [1.165, 1.54) is 0 Å². The summed E-state index contributed by atoms with van der Waals surface area (Å²) in [7, 11) is 0. The molecule has 0 saturated heterocycles. The summed E-state index contributed by atoms with van der Waals surface area (Å²) < 4.78 is 18.0. The molecule has 0 saturated carbocycles. The molecule has 0 amide bonds. The predicted molar refractivity (Wildman–Crippen MR) is 79.5 cm³/mol. The zero-order valence-electron chi connectivity index (χ0n) is 13.6. The zero-order valence-corrected chi connectivity index (χ0v) is 12.6. The van der Waals surface area contributed by atoms with Crippen molar-refractivity contribution in [1.29, 1.82) is 0 Å². The molecule has 1 aromatic rings. The van der Waals surface area contributed by atoms with E-state index < -0.39 is 17.8 Å². The van der Waals surface area contributed by atoms with Gasteiger partial charge in [0.1, 0.15) is 0 Å². The Balaban J connectivity index is 3.03. The highest BCUT2D eigenvalue weighted by atomic mass is 16.6. The van der Waals surface area contributed by atoms with E-state index in [1.807, 2.05) is 0 Å². The fourth-order valence-corrected chi connectivity index (χ4v) is 1.72. The number of benzene rings is 1. The zero-order chi connectivity index (χ0) is 16.6. The molecule has 0 fully saturated rings. The monoisotopic (exact) mass is 289 g/mol. The van der Waals surface area contributed by atoms with E-state index in [1.54, 1.807) is 45.0 Å². The van der Waals surface area contributed by atoms with E-state index in [4.69, 9.17) is 10.8 Å². The topological polar surface area (TPSA) is 52.6 Å². The summed E-state index contributed by atoms with van der Waals surface area (Å²) in [6.45, 7) is 5.20. The van der Waals surface area contributed by atoms with Crippen molar-refractivity contribution in [3.63, 3.8) is 0 Å². The first-order chi connectivity index (χ1) is 10.5. The molecule has 0 radical (unpaired) electrons. The average molecular weight is 289 g/mol. The van der Waals surface area contributed by atoms with Crippen LogP contribution in [0.4, 0.5) is 0 Å². The van der Waals surface area contributed by atoms with E-state index in [-0.39, 0.29) is 19.6 Å². The van der Waals surface area contributed by atoms with Crippen LogP contribution in [0.5, 0.6) is 0 Å². The Labute approximate surface area is 126 Å². The highest BCUT2D eigenvalue weighted by molar-refractivity contribution is 5.95. The van der Waals surface area contributed by atoms with Crippen LogP contribution in [0.15, 0.2) is 24.3 Å². The second-order valence-electron chi connectivity index (χ2n) is 4.17. The molecule has 0 aliphatic carbocycles. The Morgan fingerprint density at radius 2 is 1.67 bits per heavy atom. The van der Waals surface area contributed by atoms with Crippen molar-refractivity contribution in [2.75, 3.05) is 13.2 Å². The normalized spacial score (nSPS) is 10.9. The predicted octanol–water partition coefficient (Wildman–Crippen LogP) is 2.34. The van der Waals surface area contributed by atoms with E-state index >= 15 is 0 Å². The second-order valence-corrected chi connectivity index (χ2v) is 4.17. The number of esters is 2. The summed E-state index contributed by atoms with van der Waals surface area (Å²) in [5.41, 5.74) is 1.49. The molecule has 112 valence electrons. The van der Waals surface area contributed by atoms with Crippen molar-refractivity contribution < 1.29 is 20.4 Å². The summed E-state index contributed by atoms with van der Waals surface area (Å²) >= 11 is 0. The molecule has 0 spiro atoms. The SMILES string of the molecule is [2H]C(Cc1ccc(C#CC)cc1)(C(=O)OCC)C(=O)OCC. The lowest BCUT2D eigenvalue weighted by Gasteiger charge is -2.14. The minimum Gasteiger partial charge on any atom is -0.465 e. The molecule has 4 heteroatoms. The summed E-state index contributed by atoms with van der Waals surface area (Å²) in [5.74, 6) is 1.80. The number of carbonyl (C=O) groups is 2. The van der Waals surface area contributed by atoms with Gasteiger partial charge >= 0.3 is 11.9 Å². The standard InChI is InChI=1S/C17H20O4/c1-4-7-13-8-10-14(11-9-13)12-15(16(18)20-5-2)17(19)21-6-3/h8-11,15H,5-6,12H2,1-3H3/i15D. The van der Waals surface area contributed by atoms with E-state index in [2.05, 4.69) is 11.8 Å². The highest BCUT2D eigenvalue weighted by Gasteiger charge is 2.29. The van der Waals surface area contributed by atoms with Crippen LogP contribution in [0.25, 0.3) is 0 Å². The molecule has 0 aliphatic heterocycles. The third-order valence-corrected chi connectivity index (χ3v) is 2.65. The lowest BCUT2D eigenvalue weighted by molar-refractivity contribution is -0.161. The second kappa shape index (κ2) is 8.80. The number of rotatable bonds is 6. The molecule has 1 aromatic carbocycles. The summed E-state index contributed by atoms with van der Waals surface area (Å²) in [6, 6.07) is 7.04. The minimum absolute atomic E-state index is 0.101. The van der Waals surface area contributed by atoms with Crippen LogP contribution in [-0.4, -0.2) is 25.2 Å². The number of hydrogen-bond acceptors (Lipinski definition) is 4. The smallest absolute Gasteiger partial charge is 0.320 e. The lowest BCUT2D eigenvalue weighted by atomic mass is 9.98. The minimum atomic E-state index is -2.09. The van der Waals surface area contributed by atoms with Crippen LogP contribution in [0.3, 0.4) is 0 Å². The molecule has 0 heterocycles. The molecule has 21 heavy (non-hydrogen) atoms. The van der Waals surface area contributed by atoms with Crippen LogP contribution in [0.1, 0.15) is 33.3 Å². The third-order valence-electron chi connectivity index (χ3n) is 2.65. The molecule has 1 rings (SSSR count). The summed E-state index contributed by atoms with van der Waals surface area (Å²) in [4.78, 5) is 24.0. The Morgan fingerprint density at radius 1 is 1.14 bits per heavy atom. The van der Waals surface area contributed by atoms with Gasteiger partial charge in [-0.3, -0.25) is 9.59 Å². The molecule has 4 nitrogen and oxygen atoms in total. The van der Waals surface area contributed by atoms with E-state index in [0.29, 0.717) is 5.56 Å². The van der Waals surface area contributed by atoms with Crippen LogP contribution in [0, 0.1) is 17.7 Å². The Morgan fingerprint density at radius 3 is 2.10 bits per heavy atom. The van der Waals surface area contributed by atoms with Crippen molar-refractivity contribution in [3.05, 3.63) is 35.4 Å². The Bertz CT molecular complexity index is 563.